The summed E-state index contributed by atoms with van der Waals surface area (Å²) in [6.07, 6.45) is 1.14. The Labute approximate surface area is 158 Å². The van der Waals surface area contributed by atoms with Gasteiger partial charge in [0.05, 0.1) is 4.90 Å². The molecule has 0 bridgehead atoms. The van der Waals surface area contributed by atoms with Crippen molar-refractivity contribution in [2.24, 2.45) is 0 Å². The average Bonchev–Trinajstić information content (AvgIpc) is 2.62. The number of hydrogen-bond donors (Lipinski definition) is 0. The van der Waals surface area contributed by atoms with Crippen LogP contribution in [-0.2, 0) is 10.0 Å². The van der Waals surface area contributed by atoms with Crippen molar-refractivity contribution in [2.75, 3.05) is 13.1 Å². The zero-order valence-corrected chi connectivity index (χ0v) is 16.0. The van der Waals surface area contributed by atoms with Gasteiger partial charge in [0.25, 0.3) is 0 Å². The van der Waals surface area contributed by atoms with E-state index in [1.54, 1.807) is 24.3 Å². The lowest BCUT2D eigenvalue weighted by Crippen LogP contribution is -2.41. The molecule has 1 saturated heterocycles. The maximum Gasteiger partial charge on any atom is 0.243 e. The van der Waals surface area contributed by atoms with Gasteiger partial charge in [-0.25, -0.2) is 8.42 Å². The van der Waals surface area contributed by atoms with Crippen LogP contribution in [0.5, 0.6) is 5.75 Å². The minimum atomic E-state index is -3.62. The Hall–Kier alpha value is -1.89. The summed E-state index contributed by atoms with van der Waals surface area (Å²) in [5.41, 5.74) is 0.394. The van der Waals surface area contributed by atoms with Crippen LogP contribution in [0, 0.1) is 0 Å². The molecule has 5 nitrogen and oxygen atoms in total. The molecular formula is C19H20ClNO4S. The van der Waals surface area contributed by atoms with E-state index in [1.165, 1.54) is 23.4 Å². The molecule has 1 fully saturated rings. The molecular weight excluding hydrogens is 374 g/mol. The average molecular weight is 394 g/mol. The smallest absolute Gasteiger partial charge is 0.243 e. The van der Waals surface area contributed by atoms with Crippen LogP contribution in [0.4, 0.5) is 0 Å². The van der Waals surface area contributed by atoms with Gasteiger partial charge in [0.2, 0.25) is 10.0 Å². The Balaban J connectivity index is 1.67. The fraction of sp³-hybridized carbons (Fsp3) is 0.316. The minimum Gasteiger partial charge on any atom is -0.490 e. The Morgan fingerprint density at radius 2 is 1.81 bits per heavy atom. The van der Waals surface area contributed by atoms with Gasteiger partial charge in [-0.15, -0.1) is 0 Å². The van der Waals surface area contributed by atoms with Crippen molar-refractivity contribution < 1.29 is 17.9 Å². The van der Waals surface area contributed by atoms with E-state index in [4.69, 9.17) is 16.3 Å². The Morgan fingerprint density at radius 1 is 1.12 bits per heavy atom. The van der Waals surface area contributed by atoms with E-state index in [2.05, 4.69) is 0 Å². The van der Waals surface area contributed by atoms with E-state index < -0.39 is 10.0 Å². The number of Topliss-reactive ketones (excluding diaryl/α,β-unsaturated/α-hetero) is 1. The van der Waals surface area contributed by atoms with E-state index in [1.807, 2.05) is 12.1 Å². The van der Waals surface area contributed by atoms with Gasteiger partial charge in [-0.05, 0) is 50.1 Å². The van der Waals surface area contributed by atoms with Crippen LogP contribution in [0.2, 0.25) is 5.02 Å². The second-order valence-corrected chi connectivity index (χ2v) is 8.64. The van der Waals surface area contributed by atoms with Gasteiger partial charge in [0.1, 0.15) is 11.9 Å². The number of hydrogen-bond acceptors (Lipinski definition) is 4. The molecule has 0 amide bonds. The van der Waals surface area contributed by atoms with Crippen LogP contribution in [0.25, 0.3) is 0 Å². The maximum absolute atomic E-state index is 12.8. The minimum absolute atomic E-state index is 0.0523. The molecule has 0 N–H and O–H groups in total. The summed E-state index contributed by atoms with van der Waals surface area (Å²) in [7, 11) is -3.62. The molecule has 26 heavy (non-hydrogen) atoms. The van der Waals surface area contributed by atoms with E-state index in [-0.39, 0.29) is 16.8 Å². The van der Waals surface area contributed by atoms with Gasteiger partial charge in [-0.2, -0.15) is 4.31 Å². The van der Waals surface area contributed by atoms with Crippen molar-refractivity contribution in [3.8, 4) is 5.75 Å². The number of rotatable bonds is 5. The van der Waals surface area contributed by atoms with Crippen LogP contribution in [-0.4, -0.2) is 37.7 Å². The van der Waals surface area contributed by atoms with Crippen LogP contribution in [0.3, 0.4) is 0 Å². The summed E-state index contributed by atoms with van der Waals surface area (Å²) in [5.74, 6) is 0.531. The quantitative estimate of drug-likeness (QED) is 0.725. The Bertz CT molecular complexity index is 905. The van der Waals surface area contributed by atoms with Gasteiger partial charge in [0, 0.05) is 23.7 Å². The van der Waals surface area contributed by atoms with Crippen molar-refractivity contribution >= 4 is 27.4 Å². The van der Waals surface area contributed by atoms with Gasteiger partial charge in [0.15, 0.2) is 5.78 Å². The highest BCUT2D eigenvalue weighted by atomic mass is 35.5. The van der Waals surface area contributed by atoms with Gasteiger partial charge < -0.3 is 4.74 Å². The van der Waals surface area contributed by atoms with Crippen LogP contribution in [0.15, 0.2) is 53.4 Å². The summed E-state index contributed by atoms with van der Waals surface area (Å²) in [6.45, 7) is 2.17. The monoisotopic (exact) mass is 393 g/mol. The first-order valence-electron chi connectivity index (χ1n) is 8.39. The highest BCUT2D eigenvalue weighted by molar-refractivity contribution is 7.89. The summed E-state index contributed by atoms with van der Waals surface area (Å²) < 4.78 is 33.0. The molecule has 0 atom stereocenters. The predicted octanol–water partition coefficient (Wildman–Crippen LogP) is 3.77. The predicted molar refractivity (Wildman–Crippen MR) is 100 cm³/mol. The largest absolute Gasteiger partial charge is 0.490 e. The number of halogens is 1. The van der Waals surface area contributed by atoms with Crippen LogP contribution in [0.1, 0.15) is 30.1 Å². The molecule has 0 spiro atoms. The van der Waals surface area contributed by atoms with E-state index in [0.717, 1.165) is 0 Å². The number of nitrogens with zero attached hydrogens (tertiary/aromatic N) is 1. The first kappa shape index (κ1) is 18.9. The third-order valence-corrected chi connectivity index (χ3v) is 6.51. The molecule has 1 heterocycles. The van der Waals surface area contributed by atoms with Crippen molar-refractivity contribution in [2.45, 2.75) is 30.8 Å². The zero-order valence-electron chi connectivity index (χ0n) is 14.4. The molecule has 7 heteroatoms. The lowest BCUT2D eigenvalue weighted by atomic mass is 10.1. The summed E-state index contributed by atoms with van der Waals surface area (Å²) in [5, 5.41) is 0.605. The van der Waals surface area contributed by atoms with Gasteiger partial charge in [-0.1, -0.05) is 29.8 Å². The number of piperidine rings is 1. The molecule has 0 aliphatic carbocycles. The fourth-order valence-electron chi connectivity index (χ4n) is 2.95. The SMILES string of the molecule is CC(=O)c1cccc(S(=O)(=O)N2CCC(Oc3cccc(Cl)c3)CC2)c1. The maximum atomic E-state index is 12.8. The molecule has 3 rings (SSSR count). The lowest BCUT2D eigenvalue weighted by Gasteiger charge is -2.31. The van der Waals surface area contributed by atoms with Crippen molar-refractivity contribution in [3.63, 3.8) is 0 Å². The van der Waals surface area contributed by atoms with Gasteiger partial charge in [-0.3, -0.25) is 4.79 Å². The van der Waals surface area contributed by atoms with Crippen LogP contribution < -0.4 is 4.74 Å². The summed E-state index contributed by atoms with van der Waals surface area (Å²) in [6, 6.07) is 13.4. The molecule has 138 valence electrons. The second kappa shape index (κ2) is 7.78. The Morgan fingerprint density at radius 3 is 2.46 bits per heavy atom. The molecule has 0 saturated carbocycles. The molecule has 0 radical (unpaired) electrons. The molecule has 2 aromatic rings. The van der Waals surface area contributed by atoms with Crippen molar-refractivity contribution in [3.05, 3.63) is 59.1 Å². The summed E-state index contributed by atoms with van der Waals surface area (Å²) in [4.78, 5) is 11.7. The number of ether oxygens (including phenoxy) is 1. The highest BCUT2D eigenvalue weighted by Gasteiger charge is 2.30. The molecule has 1 aliphatic rings. The third-order valence-electron chi connectivity index (χ3n) is 4.38. The molecule has 2 aromatic carbocycles. The van der Waals surface area contributed by atoms with E-state index in [0.29, 0.717) is 42.3 Å². The fourth-order valence-corrected chi connectivity index (χ4v) is 4.64. The molecule has 0 aromatic heterocycles. The number of carbonyl (C=O) groups excluding carboxylic acids is 1. The highest BCUT2D eigenvalue weighted by Crippen LogP contribution is 2.25. The number of ketones is 1. The van der Waals surface area contributed by atoms with Gasteiger partial charge >= 0.3 is 0 Å². The lowest BCUT2D eigenvalue weighted by molar-refractivity contribution is 0.101. The topological polar surface area (TPSA) is 63.7 Å². The van der Waals surface area contributed by atoms with E-state index >= 15 is 0 Å². The van der Waals surface area contributed by atoms with Crippen molar-refractivity contribution in [1.82, 2.24) is 4.31 Å². The first-order valence-corrected chi connectivity index (χ1v) is 10.2. The molecule has 0 unspecified atom stereocenters. The van der Waals surface area contributed by atoms with Crippen molar-refractivity contribution in [1.29, 1.82) is 0 Å². The number of sulfonamides is 1. The van der Waals surface area contributed by atoms with Crippen LogP contribution >= 0.6 is 11.6 Å². The number of benzene rings is 2. The Kier molecular flexibility index (Phi) is 5.65. The standard InChI is InChI=1S/C19H20ClNO4S/c1-14(22)15-4-2-7-19(12-15)26(23,24)21-10-8-17(9-11-21)25-18-6-3-5-16(20)13-18/h2-7,12-13,17H,8-11H2,1H3. The number of carbonyl (C=O) groups is 1. The zero-order chi connectivity index (χ0) is 18.7. The third kappa shape index (κ3) is 4.26. The normalized spacial score (nSPS) is 16.4. The second-order valence-electron chi connectivity index (χ2n) is 6.26. The van der Waals surface area contributed by atoms with E-state index in [9.17, 15) is 13.2 Å². The first-order chi connectivity index (χ1) is 12.4. The summed E-state index contributed by atoms with van der Waals surface area (Å²) >= 11 is 5.96. The molecule has 1 aliphatic heterocycles.